The van der Waals surface area contributed by atoms with E-state index in [0.29, 0.717) is 5.69 Å². The second kappa shape index (κ2) is 8.51. The molecule has 30 heavy (non-hydrogen) atoms. The van der Waals surface area contributed by atoms with Crippen molar-refractivity contribution >= 4 is 0 Å². The minimum absolute atomic E-state index is 0.0846. The van der Waals surface area contributed by atoms with Gasteiger partial charge in [-0.05, 0) is 30.3 Å². The maximum atomic E-state index is 12.7. The van der Waals surface area contributed by atoms with Gasteiger partial charge >= 0.3 is 12.2 Å². The maximum Gasteiger partial charge on any atom is 0.422 e. The Bertz CT molecular complexity index is 1060. The molecule has 2 heterocycles. The summed E-state index contributed by atoms with van der Waals surface area (Å²) in [6, 6.07) is 7.33. The van der Waals surface area contributed by atoms with Crippen LogP contribution < -0.4 is 15.0 Å². The molecule has 0 spiro atoms. The summed E-state index contributed by atoms with van der Waals surface area (Å²) in [7, 11) is 1.61. The van der Waals surface area contributed by atoms with Crippen LogP contribution in [0.2, 0.25) is 0 Å². The van der Waals surface area contributed by atoms with E-state index in [4.69, 9.17) is 4.74 Å². The molecule has 2 aromatic heterocycles. The summed E-state index contributed by atoms with van der Waals surface area (Å²) >= 11 is 0. The lowest BCUT2D eigenvalue weighted by Gasteiger charge is -2.15. The van der Waals surface area contributed by atoms with Crippen LogP contribution in [0.15, 0.2) is 47.4 Å². The van der Waals surface area contributed by atoms with E-state index in [1.54, 1.807) is 13.1 Å². The van der Waals surface area contributed by atoms with Crippen LogP contribution in [0, 0.1) is 0 Å². The van der Waals surface area contributed by atoms with Crippen molar-refractivity contribution in [2.75, 3.05) is 13.2 Å². The number of hydrogen-bond acceptors (Lipinski definition) is 5. The topological polar surface area (TPSA) is 71.2 Å². The van der Waals surface area contributed by atoms with Crippen molar-refractivity contribution < 1.29 is 31.4 Å². The molecular formula is C18H15F5N4O3. The fraction of sp³-hybridized carbons (Fsp3) is 0.278. The van der Waals surface area contributed by atoms with Crippen LogP contribution in [0.5, 0.6) is 11.8 Å². The summed E-state index contributed by atoms with van der Waals surface area (Å²) in [6.07, 6.45) is -5.84. The molecule has 3 rings (SSSR count). The van der Waals surface area contributed by atoms with Gasteiger partial charge in [0.2, 0.25) is 0 Å². The molecule has 12 heteroatoms. The summed E-state index contributed by atoms with van der Waals surface area (Å²) in [4.78, 5) is 16.8. The average Bonchev–Trinajstić information content (AvgIpc) is 3.10. The number of aromatic nitrogens is 4. The Morgan fingerprint density at radius 3 is 2.37 bits per heavy atom. The van der Waals surface area contributed by atoms with Crippen LogP contribution in [0.25, 0.3) is 17.1 Å². The Kier molecular flexibility index (Phi) is 6.04. The normalized spacial score (nSPS) is 11.7. The summed E-state index contributed by atoms with van der Waals surface area (Å²) in [6.45, 7) is -2.48. The van der Waals surface area contributed by atoms with Crippen molar-refractivity contribution in [1.29, 1.82) is 0 Å². The monoisotopic (exact) mass is 430 g/mol. The fourth-order valence-electron chi connectivity index (χ4n) is 2.55. The van der Waals surface area contributed by atoms with Gasteiger partial charge in [-0.1, -0.05) is 0 Å². The molecule has 0 fully saturated rings. The smallest absolute Gasteiger partial charge is 0.422 e. The zero-order valence-corrected chi connectivity index (χ0v) is 15.4. The third-order valence-electron chi connectivity index (χ3n) is 3.81. The van der Waals surface area contributed by atoms with E-state index in [1.807, 2.05) is 0 Å². The lowest BCUT2D eigenvalue weighted by molar-refractivity contribution is -0.153. The minimum atomic E-state index is -4.50. The van der Waals surface area contributed by atoms with E-state index in [2.05, 4.69) is 14.8 Å². The highest BCUT2D eigenvalue weighted by Crippen LogP contribution is 2.23. The van der Waals surface area contributed by atoms with Crippen LogP contribution in [0.1, 0.15) is 0 Å². The highest BCUT2D eigenvalue weighted by Gasteiger charge is 2.28. The number of halogens is 5. The number of alkyl halides is 5. The number of aryl methyl sites for hydroxylation is 1. The highest BCUT2D eigenvalue weighted by molar-refractivity contribution is 5.54. The van der Waals surface area contributed by atoms with Crippen LogP contribution in [0.4, 0.5) is 22.0 Å². The van der Waals surface area contributed by atoms with Crippen molar-refractivity contribution in [2.24, 2.45) is 7.05 Å². The molecule has 0 saturated carbocycles. The van der Waals surface area contributed by atoms with Crippen molar-refractivity contribution in [1.82, 2.24) is 19.3 Å². The van der Waals surface area contributed by atoms with E-state index in [-0.39, 0.29) is 17.1 Å². The zero-order chi connectivity index (χ0) is 21.9. The first-order valence-corrected chi connectivity index (χ1v) is 8.47. The molecule has 0 N–H and O–H groups in total. The van der Waals surface area contributed by atoms with E-state index in [9.17, 15) is 26.7 Å². The van der Waals surface area contributed by atoms with Gasteiger partial charge in [-0.3, -0.25) is 9.48 Å². The third kappa shape index (κ3) is 5.13. The number of nitrogens with zero attached hydrogens (tertiary/aromatic N) is 4. The summed E-state index contributed by atoms with van der Waals surface area (Å²) in [5.74, 6) is -0.0846. The number of hydrogen-bond donors (Lipinski definition) is 0. The van der Waals surface area contributed by atoms with Gasteiger partial charge in [0.1, 0.15) is 5.75 Å². The van der Waals surface area contributed by atoms with E-state index < -0.39 is 37.4 Å². The lowest BCUT2D eigenvalue weighted by atomic mass is 10.2. The Labute approximate surface area is 166 Å². The van der Waals surface area contributed by atoms with E-state index >= 15 is 0 Å². The Balaban J connectivity index is 1.98. The first kappa shape index (κ1) is 21.3. The van der Waals surface area contributed by atoms with Gasteiger partial charge in [0.25, 0.3) is 12.0 Å². The Morgan fingerprint density at radius 2 is 1.80 bits per heavy atom. The largest absolute Gasteiger partial charge is 0.484 e. The highest BCUT2D eigenvalue weighted by atomic mass is 19.4. The van der Waals surface area contributed by atoms with Crippen molar-refractivity contribution in [3.8, 4) is 28.8 Å². The zero-order valence-electron chi connectivity index (χ0n) is 15.4. The van der Waals surface area contributed by atoms with Gasteiger partial charge in [0.05, 0.1) is 17.1 Å². The minimum Gasteiger partial charge on any atom is -0.484 e. The second-order valence-electron chi connectivity index (χ2n) is 6.04. The van der Waals surface area contributed by atoms with Gasteiger partial charge in [-0.25, -0.2) is 13.3 Å². The van der Waals surface area contributed by atoms with Crippen LogP contribution in [0.3, 0.4) is 0 Å². The van der Waals surface area contributed by atoms with E-state index in [0.717, 1.165) is 4.57 Å². The van der Waals surface area contributed by atoms with E-state index in [1.165, 1.54) is 41.2 Å². The summed E-state index contributed by atoms with van der Waals surface area (Å²) in [5.41, 5.74) is 0.116. The molecule has 0 atom stereocenters. The number of ether oxygens (including phenoxy) is 2. The Hall–Kier alpha value is -3.44. The average molecular weight is 430 g/mol. The first-order chi connectivity index (χ1) is 14.1. The van der Waals surface area contributed by atoms with Crippen LogP contribution in [-0.2, 0) is 7.05 Å². The summed E-state index contributed by atoms with van der Waals surface area (Å²) < 4.78 is 74.1. The van der Waals surface area contributed by atoms with Crippen molar-refractivity contribution in [3.05, 3.63) is 52.9 Å². The standard InChI is InChI=1S/C18H15F5N4O3/c1-26-14(6-7-24-26)13-8-16(28)27(17(25-13)29-9-15(19)20)11-2-4-12(5-3-11)30-10-18(21,22)23/h2-8,15H,9-10H2,1H3. The SMILES string of the molecule is Cn1nccc1-c1cc(=O)n(-c2ccc(OCC(F)(F)F)cc2)c(OCC(F)F)n1. The maximum absolute atomic E-state index is 12.7. The Morgan fingerprint density at radius 1 is 1.10 bits per heavy atom. The van der Waals surface area contributed by atoms with Gasteiger partial charge in [-0.2, -0.15) is 23.3 Å². The molecule has 7 nitrogen and oxygen atoms in total. The van der Waals surface area contributed by atoms with Crippen LogP contribution in [-0.4, -0.2) is 45.1 Å². The molecule has 0 amide bonds. The lowest BCUT2D eigenvalue weighted by Crippen LogP contribution is -2.23. The molecule has 0 bridgehead atoms. The number of benzene rings is 1. The fourth-order valence-corrected chi connectivity index (χ4v) is 2.55. The predicted molar refractivity (Wildman–Crippen MR) is 95.1 cm³/mol. The van der Waals surface area contributed by atoms with Gasteiger partial charge < -0.3 is 9.47 Å². The predicted octanol–water partition coefficient (Wildman–Crippen LogP) is 3.22. The molecule has 0 saturated heterocycles. The molecule has 160 valence electrons. The van der Waals surface area contributed by atoms with Gasteiger partial charge in [0, 0.05) is 19.3 Å². The number of rotatable bonds is 7. The quantitative estimate of drug-likeness (QED) is 0.539. The molecule has 1 aromatic carbocycles. The molecule has 0 aliphatic heterocycles. The van der Waals surface area contributed by atoms with Crippen molar-refractivity contribution in [3.63, 3.8) is 0 Å². The molecule has 0 unspecified atom stereocenters. The molecule has 0 aliphatic carbocycles. The van der Waals surface area contributed by atoms with Gasteiger partial charge in [0.15, 0.2) is 13.2 Å². The second-order valence-corrected chi connectivity index (χ2v) is 6.04. The molecular weight excluding hydrogens is 415 g/mol. The van der Waals surface area contributed by atoms with Gasteiger partial charge in [-0.15, -0.1) is 0 Å². The van der Waals surface area contributed by atoms with Crippen molar-refractivity contribution in [2.45, 2.75) is 12.6 Å². The van der Waals surface area contributed by atoms with Crippen LogP contribution >= 0.6 is 0 Å². The third-order valence-corrected chi connectivity index (χ3v) is 3.81. The molecule has 3 aromatic rings. The first-order valence-electron chi connectivity index (χ1n) is 8.47. The summed E-state index contributed by atoms with van der Waals surface area (Å²) in [5, 5.41) is 3.96. The molecule has 0 radical (unpaired) electrons. The molecule has 0 aliphatic rings.